The van der Waals surface area contributed by atoms with E-state index < -0.39 is 6.04 Å². The van der Waals surface area contributed by atoms with Crippen molar-refractivity contribution in [2.45, 2.75) is 38.8 Å². The maximum Gasteiger partial charge on any atom is 0.251 e. The maximum atomic E-state index is 12.6. The summed E-state index contributed by atoms with van der Waals surface area (Å²) in [6.07, 6.45) is 1.35. The number of amides is 2. The summed E-state index contributed by atoms with van der Waals surface area (Å²) in [4.78, 5) is 25.1. The molecule has 0 spiro atoms. The topological polar surface area (TPSA) is 67.4 Å². The fraction of sp³-hybridized carbons (Fsp3) is 0.364. The Kier molecular flexibility index (Phi) is 8.52. The molecule has 2 N–H and O–H groups in total. The number of hydrogen-bond donors (Lipinski definition) is 2. The third-order valence-corrected chi connectivity index (χ3v) is 4.01. The van der Waals surface area contributed by atoms with Crippen LogP contribution in [0.3, 0.4) is 0 Å². The largest absolute Gasteiger partial charge is 0.379 e. The van der Waals surface area contributed by atoms with E-state index in [1.807, 2.05) is 50.2 Å². The molecule has 27 heavy (non-hydrogen) atoms. The highest BCUT2D eigenvalue weighted by Crippen LogP contribution is 2.06. The Bertz CT molecular complexity index is 702. The lowest BCUT2D eigenvalue weighted by molar-refractivity contribution is -0.123. The minimum atomic E-state index is -0.633. The fourth-order valence-corrected chi connectivity index (χ4v) is 2.62. The molecule has 0 radical (unpaired) electrons. The quantitative estimate of drug-likeness (QED) is 0.634. The van der Waals surface area contributed by atoms with Gasteiger partial charge in [-0.15, -0.1) is 0 Å². The molecule has 2 amide bonds. The van der Waals surface area contributed by atoms with Gasteiger partial charge in [0, 0.05) is 25.1 Å². The monoisotopic (exact) mass is 368 g/mol. The zero-order valence-corrected chi connectivity index (χ0v) is 16.0. The summed E-state index contributed by atoms with van der Waals surface area (Å²) in [5.41, 5.74) is 1.53. The van der Waals surface area contributed by atoms with E-state index in [2.05, 4.69) is 10.6 Å². The van der Waals surface area contributed by atoms with Gasteiger partial charge in [0.15, 0.2) is 0 Å². The summed E-state index contributed by atoms with van der Waals surface area (Å²) >= 11 is 0. The van der Waals surface area contributed by atoms with Crippen LogP contribution in [-0.2, 0) is 16.0 Å². The van der Waals surface area contributed by atoms with Crippen LogP contribution in [0.4, 0.5) is 0 Å². The fourth-order valence-electron chi connectivity index (χ4n) is 2.62. The van der Waals surface area contributed by atoms with Crippen LogP contribution >= 0.6 is 0 Å². The molecule has 0 aliphatic rings. The van der Waals surface area contributed by atoms with Crippen molar-refractivity contribution in [2.24, 2.45) is 0 Å². The molecule has 2 aromatic carbocycles. The summed E-state index contributed by atoms with van der Waals surface area (Å²) in [5.74, 6) is -0.442. The normalized spacial score (nSPS) is 11.8. The molecular weight excluding hydrogens is 340 g/mol. The Morgan fingerprint density at radius 2 is 1.59 bits per heavy atom. The van der Waals surface area contributed by atoms with Gasteiger partial charge in [0.05, 0.1) is 6.10 Å². The second kappa shape index (κ2) is 11.1. The highest BCUT2D eigenvalue weighted by Gasteiger charge is 2.21. The molecule has 5 nitrogen and oxygen atoms in total. The zero-order valence-electron chi connectivity index (χ0n) is 16.0. The van der Waals surface area contributed by atoms with Crippen LogP contribution in [0.15, 0.2) is 60.7 Å². The SMILES string of the molecule is CC(C)OCCCNC(=O)C(Cc1ccccc1)NC(=O)c1ccccc1. The summed E-state index contributed by atoms with van der Waals surface area (Å²) in [6.45, 7) is 5.07. The van der Waals surface area contributed by atoms with Crippen LogP contribution in [-0.4, -0.2) is 37.1 Å². The lowest BCUT2D eigenvalue weighted by Gasteiger charge is -2.19. The molecule has 0 aromatic heterocycles. The summed E-state index contributed by atoms with van der Waals surface area (Å²) < 4.78 is 5.48. The molecule has 0 saturated heterocycles. The van der Waals surface area contributed by atoms with Crippen LogP contribution in [0.25, 0.3) is 0 Å². The first-order chi connectivity index (χ1) is 13.1. The van der Waals surface area contributed by atoms with Gasteiger partial charge in [-0.2, -0.15) is 0 Å². The first-order valence-corrected chi connectivity index (χ1v) is 9.35. The van der Waals surface area contributed by atoms with E-state index in [0.29, 0.717) is 25.1 Å². The van der Waals surface area contributed by atoms with Crippen molar-refractivity contribution in [3.05, 3.63) is 71.8 Å². The Hall–Kier alpha value is -2.66. The zero-order chi connectivity index (χ0) is 19.5. The molecular formula is C22H28N2O3. The Labute approximate surface area is 161 Å². The van der Waals surface area contributed by atoms with Crippen LogP contribution in [0.2, 0.25) is 0 Å². The van der Waals surface area contributed by atoms with Gasteiger partial charge >= 0.3 is 0 Å². The molecule has 5 heteroatoms. The van der Waals surface area contributed by atoms with Crippen LogP contribution < -0.4 is 10.6 Å². The van der Waals surface area contributed by atoms with E-state index in [-0.39, 0.29) is 17.9 Å². The molecule has 0 aliphatic carbocycles. The smallest absolute Gasteiger partial charge is 0.251 e. The van der Waals surface area contributed by atoms with Crippen molar-refractivity contribution in [1.82, 2.24) is 10.6 Å². The van der Waals surface area contributed by atoms with Crippen molar-refractivity contribution in [2.75, 3.05) is 13.2 Å². The molecule has 0 heterocycles. The average Bonchev–Trinajstić information content (AvgIpc) is 2.68. The number of hydrogen-bond acceptors (Lipinski definition) is 3. The maximum absolute atomic E-state index is 12.6. The standard InChI is InChI=1S/C22H28N2O3/c1-17(2)27-15-9-14-23-22(26)20(16-18-10-5-3-6-11-18)24-21(25)19-12-7-4-8-13-19/h3-8,10-13,17,20H,9,14-16H2,1-2H3,(H,23,26)(H,24,25). The van der Waals surface area contributed by atoms with Crippen LogP contribution in [0.1, 0.15) is 36.2 Å². The van der Waals surface area contributed by atoms with Crippen molar-refractivity contribution in [3.63, 3.8) is 0 Å². The van der Waals surface area contributed by atoms with Gasteiger partial charge in [-0.3, -0.25) is 9.59 Å². The molecule has 0 bridgehead atoms. The summed E-state index contributed by atoms with van der Waals surface area (Å²) in [5, 5.41) is 5.76. The van der Waals surface area contributed by atoms with Crippen molar-refractivity contribution in [1.29, 1.82) is 0 Å². The van der Waals surface area contributed by atoms with Gasteiger partial charge in [0.2, 0.25) is 5.91 Å². The summed E-state index contributed by atoms with van der Waals surface area (Å²) in [6, 6.07) is 18.0. The first kappa shape index (κ1) is 20.6. The first-order valence-electron chi connectivity index (χ1n) is 9.35. The van der Waals surface area contributed by atoms with Crippen LogP contribution in [0.5, 0.6) is 0 Å². The van der Waals surface area contributed by atoms with Gasteiger partial charge in [-0.25, -0.2) is 0 Å². The lowest BCUT2D eigenvalue weighted by atomic mass is 10.0. The van der Waals surface area contributed by atoms with E-state index >= 15 is 0 Å². The van der Waals surface area contributed by atoms with Gasteiger partial charge in [-0.05, 0) is 38.0 Å². The number of carbonyl (C=O) groups is 2. The second-order valence-electron chi connectivity index (χ2n) is 6.65. The Morgan fingerprint density at radius 1 is 0.963 bits per heavy atom. The second-order valence-corrected chi connectivity index (χ2v) is 6.65. The van der Waals surface area contributed by atoms with Gasteiger partial charge in [0.1, 0.15) is 6.04 Å². The predicted molar refractivity (Wildman–Crippen MR) is 107 cm³/mol. The minimum Gasteiger partial charge on any atom is -0.379 e. The van der Waals surface area contributed by atoms with E-state index in [4.69, 9.17) is 4.74 Å². The molecule has 2 aromatic rings. The molecule has 0 fully saturated rings. The molecule has 1 unspecified atom stereocenters. The third kappa shape index (κ3) is 7.62. The number of carbonyl (C=O) groups excluding carboxylic acids is 2. The van der Waals surface area contributed by atoms with Crippen molar-refractivity contribution in [3.8, 4) is 0 Å². The molecule has 2 rings (SSSR count). The Morgan fingerprint density at radius 3 is 2.22 bits per heavy atom. The molecule has 1 atom stereocenters. The highest BCUT2D eigenvalue weighted by atomic mass is 16.5. The lowest BCUT2D eigenvalue weighted by Crippen LogP contribution is -2.48. The molecule has 0 saturated carbocycles. The van der Waals surface area contributed by atoms with E-state index in [1.54, 1.807) is 24.3 Å². The van der Waals surface area contributed by atoms with Crippen molar-refractivity contribution >= 4 is 11.8 Å². The van der Waals surface area contributed by atoms with Crippen molar-refractivity contribution < 1.29 is 14.3 Å². The molecule has 0 aliphatic heterocycles. The van der Waals surface area contributed by atoms with Gasteiger partial charge in [0.25, 0.3) is 5.91 Å². The summed E-state index contributed by atoms with van der Waals surface area (Å²) in [7, 11) is 0. The van der Waals surface area contributed by atoms with Crippen LogP contribution in [0, 0.1) is 0 Å². The van der Waals surface area contributed by atoms with E-state index in [9.17, 15) is 9.59 Å². The van der Waals surface area contributed by atoms with E-state index in [0.717, 1.165) is 12.0 Å². The van der Waals surface area contributed by atoms with Gasteiger partial charge in [-0.1, -0.05) is 48.5 Å². The minimum absolute atomic E-state index is 0.177. The number of ether oxygens (including phenoxy) is 1. The van der Waals surface area contributed by atoms with Gasteiger partial charge < -0.3 is 15.4 Å². The number of rotatable bonds is 10. The molecule has 144 valence electrons. The van der Waals surface area contributed by atoms with E-state index in [1.165, 1.54) is 0 Å². The Balaban J connectivity index is 1.96. The average molecular weight is 368 g/mol. The number of nitrogens with one attached hydrogen (secondary N) is 2. The predicted octanol–water partition coefficient (Wildman–Crippen LogP) is 2.96. The highest BCUT2D eigenvalue weighted by molar-refractivity contribution is 5.97. The number of benzene rings is 2. The third-order valence-electron chi connectivity index (χ3n) is 4.01.